The summed E-state index contributed by atoms with van der Waals surface area (Å²) < 4.78 is 1.84. The molecule has 0 aliphatic carbocycles. The second-order valence-corrected chi connectivity index (χ2v) is 8.73. The van der Waals surface area contributed by atoms with E-state index in [4.69, 9.17) is 11.6 Å². The molecule has 8 nitrogen and oxygen atoms in total. The summed E-state index contributed by atoms with van der Waals surface area (Å²) in [7, 11) is 0. The van der Waals surface area contributed by atoms with Gasteiger partial charge in [0.2, 0.25) is 16.9 Å². The predicted molar refractivity (Wildman–Crippen MR) is 113 cm³/mol. The van der Waals surface area contributed by atoms with Crippen molar-refractivity contribution in [2.45, 2.75) is 46.6 Å². The van der Waals surface area contributed by atoms with Crippen molar-refractivity contribution in [1.29, 1.82) is 0 Å². The Labute approximate surface area is 177 Å². The number of imidazole rings is 1. The van der Waals surface area contributed by atoms with E-state index >= 15 is 0 Å². The molecule has 29 heavy (non-hydrogen) atoms. The van der Waals surface area contributed by atoms with Crippen LogP contribution in [0.25, 0.3) is 5.65 Å². The first-order chi connectivity index (χ1) is 13.8. The number of carbonyl (C=O) groups excluding carboxylic acids is 2. The van der Waals surface area contributed by atoms with Crippen molar-refractivity contribution < 1.29 is 9.59 Å². The number of pyridine rings is 1. The van der Waals surface area contributed by atoms with Crippen LogP contribution in [-0.2, 0) is 22.6 Å². The highest BCUT2D eigenvalue weighted by atomic mass is 35.5. The van der Waals surface area contributed by atoms with Gasteiger partial charge in [-0.3, -0.25) is 9.59 Å². The maximum atomic E-state index is 12.1. The molecule has 0 saturated heterocycles. The van der Waals surface area contributed by atoms with E-state index in [9.17, 15) is 9.59 Å². The first kappa shape index (κ1) is 21.2. The molecule has 0 saturated carbocycles. The summed E-state index contributed by atoms with van der Waals surface area (Å²) in [6, 6.07) is 1.84. The molecule has 0 bridgehead atoms. The van der Waals surface area contributed by atoms with E-state index in [1.54, 1.807) is 6.20 Å². The summed E-state index contributed by atoms with van der Waals surface area (Å²) in [5.41, 5.74) is 2.48. The molecule has 2 N–H and O–H groups in total. The lowest BCUT2D eigenvalue weighted by molar-refractivity contribution is -0.124. The van der Waals surface area contributed by atoms with Crippen molar-refractivity contribution in [3.63, 3.8) is 0 Å². The van der Waals surface area contributed by atoms with Crippen LogP contribution in [0.1, 0.15) is 43.0 Å². The Morgan fingerprint density at radius 2 is 1.97 bits per heavy atom. The Kier molecular flexibility index (Phi) is 6.81. The minimum absolute atomic E-state index is 0.0742. The van der Waals surface area contributed by atoms with Gasteiger partial charge in [0.25, 0.3) is 0 Å². The number of hydrogen-bond donors (Lipinski definition) is 2. The van der Waals surface area contributed by atoms with Gasteiger partial charge in [-0.15, -0.1) is 10.2 Å². The van der Waals surface area contributed by atoms with Crippen LogP contribution in [0.4, 0.5) is 5.13 Å². The fraction of sp³-hybridized carbons (Fsp3) is 0.421. The monoisotopic (exact) mass is 434 g/mol. The molecule has 3 rings (SSSR count). The van der Waals surface area contributed by atoms with Gasteiger partial charge in [0.1, 0.15) is 10.7 Å². The SMILES string of the molecule is Cc1cc(Cl)cn2cc(CNC(=O)CCC(=O)Nc3nnc(CC(C)C)s3)nc12. The van der Waals surface area contributed by atoms with Crippen molar-refractivity contribution in [3.8, 4) is 0 Å². The lowest BCUT2D eigenvalue weighted by Crippen LogP contribution is -2.24. The molecule has 154 valence electrons. The minimum atomic E-state index is -0.259. The molecule has 10 heteroatoms. The topological polar surface area (TPSA) is 101 Å². The number of anilines is 1. The van der Waals surface area contributed by atoms with Crippen LogP contribution < -0.4 is 10.6 Å². The third-order valence-corrected chi connectivity index (χ3v) is 5.16. The molecule has 0 fully saturated rings. The maximum absolute atomic E-state index is 12.1. The molecule has 0 spiro atoms. The standard InChI is InChI=1S/C19H23ClN6O2S/c1-11(2)6-17-24-25-19(29-17)23-16(28)5-4-15(27)21-8-14-10-26-9-13(20)7-12(3)18(26)22-14/h7,9-11H,4-6,8H2,1-3H3,(H,21,27)(H,23,25,28). The molecule has 0 radical (unpaired) electrons. The van der Waals surface area contributed by atoms with Crippen LogP contribution in [0.2, 0.25) is 5.02 Å². The van der Waals surface area contributed by atoms with Crippen molar-refractivity contribution >= 4 is 45.5 Å². The van der Waals surface area contributed by atoms with Gasteiger partial charge >= 0.3 is 0 Å². The summed E-state index contributed by atoms with van der Waals surface area (Å²) in [5.74, 6) is -0.000812. The second-order valence-electron chi connectivity index (χ2n) is 7.23. The van der Waals surface area contributed by atoms with Crippen molar-refractivity contribution in [1.82, 2.24) is 24.9 Å². The summed E-state index contributed by atoms with van der Waals surface area (Å²) >= 11 is 7.41. The number of rotatable bonds is 8. The molecule has 3 aromatic rings. The van der Waals surface area contributed by atoms with Crippen LogP contribution in [0.15, 0.2) is 18.5 Å². The summed E-state index contributed by atoms with van der Waals surface area (Å²) in [6.07, 6.45) is 4.58. The van der Waals surface area contributed by atoms with Crippen LogP contribution in [0.5, 0.6) is 0 Å². The lowest BCUT2D eigenvalue weighted by Gasteiger charge is -2.03. The smallest absolute Gasteiger partial charge is 0.226 e. The zero-order chi connectivity index (χ0) is 21.0. The number of aromatic nitrogens is 4. The number of fused-ring (bicyclic) bond motifs is 1. The predicted octanol–water partition coefficient (Wildman–Crippen LogP) is 3.38. The first-order valence-electron chi connectivity index (χ1n) is 9.33. The van der Waals surface area contributed by atoms with Gasteiger partial charge < -0.3 is 15.0 Å². The molecule has 0 aromatic carbocycles. The Balaban J connectivity index is 1.44. The molecular weight excluding hydrogens is 412 g/mol. The van der Waals surface area contributed by atoms with Gasteiger partial charge in [0.05, 0.1) is 17.3 Å². The van der Waals surface area contributed by atoms with Crippen LogP contribution in [0, 0.1) is 12.8 Å². The van der Waals surface area contributed by atoms with Gasteiger partial charge in [-0.1, -0.05) is 36.8 Å². The number of amides is 2. The van der Waals surface area contributed by atoms with Gasteiger partial charge in [-0.05, 0) is 24.5 Å². The zero-order valence-electron chi connectivity index (χ0n) is 16.5. The van der Waals surface area contributed by atoms with Crippen LogP contribution in [-0.4, -0.2) is 31.4 Å². The summed E-state index contributed by atoms with van der Waals surface area (Å²) in [6.45, 7) is 6.41. The third kappa shape index (κ3) is 5.98. The highest BCUT2D eigenvalue weighted by Gasteiger charge is 2.12. The fourth-order valence-corrected chi connectivity index (χ4v) is 4.02. The van der Waals surface area contributed by atoms with E-state index in [1.165, 1.54) is 11.3 Å². The highest BCUT2D eigenvalue weighted by Crippen LogP contribution is 2.19. The lowest BCUT2D eigenvalue weighted by atomic mass is 10.1. The van der Waals surface area contributed by atoms with E-state index in [-0.39, 0.29) is 31.2 Å². The maximum Gasteiger partial charge on any atom is 0.226 e. The van der Waals surface area contributed by atoms with E-state index in [1.807, 2.05) is 23.6 Å². The Bertz CT molecular complexity index is 1030. The average molecular weight is 435 g/mol. The summed E-state index contributed by atoms with van der Waals surface area (Å²) in [5, 5.41) is 15.5. The quantitative estimate of drug-likeness (QED) is 0.565. The number of nitrogens with one attached hydrogen (secondary N) is 2. The van der Waals surface area contributed by atoms with Crippen molar-refractivity contribution in [3.05, 3.63) is 39.7 Å². The Hall–Kier alpha value is -2.52. The van der Waals surface area contributed by atoms with Crippen LogP contribution in [0.3, 0.4) is 0 Å². The highest BCUT2D eigenvalue weighted by molar-refractivity contribution is 7.15. The number of carbonyl (C=O) groups is 2. The summed E-state index contributed by atoms with van der Waals surface area (Å²) in [4.78, 5) is 28.6. The number of aryl methyl sites for hydroxylation is 1. The molecule has 3 aromatic heterocycles. The molecule has 0 atom stereocenters. The molecule has 0 unspecified atom stereocenters. The zero-order valence-corrected chi connectivity index (χ0v) is 18.1. The molecule has 2 amide bonds. The van der Waals surface area contributed by atoms with Crippen molar-refractivity contribution in [2.24, 2.45) is 5.92 Å². The Morgan fingerprint density at radius 3 is 2.72 bits per heavy atom. The van der Waals surface area contributed by atoms with Crippen molar-refractivity contribution in [2.75, 3.05) is 5.32 Å². The molecule has 0 aliphatic rings. The van der Waals surface area contributed by atoms with Crippen LogP contribution >= 0.6 is 22.9 Å². The second kappa shape index (κ2) is 9.32. The first-order valence-corrected chi connectivity index (χ1v) is 10.5. The van der Waals surface area contributed by atoms with E-state index in [2.05, 4.69) is 39.7 Å². The number of halogens is 1. The Morgan fingerprint density at radius 1 is 1.21 bits per heavy atom. The number of nitrogens with zero attached hydrogens (tertiary/aromatic N) is 4. The van der Waals surface area contributed by atoms with Gasteiger partial charge in [0, 0.05) is 31.7 Å². The molecule has 3 heterocycles. The fourth-order valence-electron chi connectivity index (χ4n) is 2.78. The largest absolute Gasteiger partial charge is 0.350 e. The van der Waals surface area contributed by atoms with Gasteiger partial charge in [0.15, 0.2) is 0 Å². The molecule has 0 aliphatic heterocycles. The van der Waals surface area contributed by atoms with E-state index in [0.29, 0.717) is 16.1 Å². The average Bonchev–Trinajstić information content (AvgIpc) is 3.24. The normalized spacial score (nSPS) is 11.2. The van der Waals surface area contributed by atoms with Gasteiger partial charge in [-0.25, -0.2) is 4.98 Å². The van der Waals surface area contributed by atoms with Gasteiger partial charge in [-0.2, -0.15) is 0 Å². The van der Waals surface area contributed by atoms with E-state index < -0.39 is 0 Å². The van der Waals surface area contributed by atoms with E-state index in [0.717, 1.165) is 28.3 Å². The number of hydrogen-bond acceptors (Lipinski definition) is 6. The third-order valence-electron chi connectivity index (χ3n) is 4.09. The minimum Gasteiger partial charge on any atom is -0.350 e. The molecular formula is C19H23ClN6O2S.